The van der Waals surface area contributed by atoms with Gasteiger partial charge in [-0.05, 0) is 57.8 Å². The lowest BCUT2D eigenvalue weighted by molar-refractivity contribution is 0.00578. The van der Waals surface area contributed by atoms with Crippen LogP contribution in [0.5, 0.6) is 0 Å². The fourth-order valence-electron chi connectivity index (χ4n) is 2.54. The zero-order valence-electron chi connectivity index (χ0n) is 12.1. The lowest BCUT2D eigenvalue weighted by atomic mass is 9.65. The highest BCUT2D eigenvalue weighted by Gasteiger charge is 2.52. The molecule has 0 aromatic rings. The number of hydrogen-bond donors (Lipinski definition) is 0. The number of rotatable bonds is 1. The van der Waals surface area contributed by atoms with E-state index < -0.39 is 0 Å². The summed E-state index contributed by atoms with van der Waals surface area (Å²) in [5.41, 5.74) is 1.27. The molecular formula is C14H25BO2. The third-order valence-corrected chi connectivity index (χ3v) is 4.47. The Labute approximate surface area is 106 Å². The molecule has 2 rings (SSSR count). The van der Waals surface area contributed by atoms with Gasteiger partial charge in [0.15, 0.2) is 0 Å². The second kappa shape index (κ2) is 3.86. The number of hydrogen-bond acceptors (Lipinski definition) is 2. The van der Waals surface area contributed by atoms with Gasteiger partial charge in [-0.3, -0.25) is 0 Å². The van der Waals surface area contributed by atoms with E-state index in [0.717, 1.165) is 12.8 Å². The number of allylic oxidation sites excluding steroid dienone is 2. The third kappa shape index (κ3) is 2.46. The quantitative estimate of drug-likeness (QED) is 0.645. The molecule has 1 saturated heterocycles. The highest BCUT2D eigenvalue weighted by Crippen LogP contribution is 2.43. The second-order valence-corrected chi connectivity index (χ2v) is 7.25. The predicted molar refractivity (Wildman–Crippen MR) is 71.8 cm³/mol. The lowest BCUT2D eigenvalue weighted by Crippen LogP contribution is -2.41. The van der Waals surface area contributed by atoms with Crippen molar-refractivity contribution in [3.05, 3.63) is 11.5 Å². The van der Waals surface area contributed by atoms with Gasteiger partial charge in [-0.1, -0.05) is 19.9 Å². The average Bonchev–Trinajstić information content (AvgIpc) is 2.34. The predicted octanol–water partition coefficient (Wildman–Crippen LogP) is 3.75. The van der Waals surface area contributed by atoms with Gasteiger partial charge in [-0.25, -0.2) is 0 Å². The lowest BCUT2D eigenvalue weighted by Gasteiger charge is -2.32. The van der Waals surface area contributed by atoms with Gasteiger partial charge in [0.05, 0.1) is 11.2 Å². The molecule has 2 nitrogen and oxygen atoms in total. The van der Waals surface area contributed by atoms with Crippen LogP contribution in [0.1, 0.15) is 60.8 Å². The van der Waals surface area contributed by atoms with Crippen molar-refractivity contribution >= 4 is 7.12 Å². The van der Waals surface area contributed by atoms with Crippen LogP contribution in [0.4, 0.5) is 0 Å². The summed E-state index contributed by atoms with van der Waals surface area (Å²) in [5.74, 6) is 0. The Morgan fingerprint density at radius 1 is 1.00 bits per heavy atom. The highest BCUT2D eigenvalue weighted by atomic mass is 16.7. The van der Waals surface area contributed by atoms with Gasteiger partial charge in [0, 0.05) is 0 Å². The van der Waals surface area contributed by atoms with Gasteiger partial charge >= 0.3 is 7.12 Å². The van der Waals surface area contributed by atoms with Crippen LogP contribution >= 0.6 is 0 Å². The monoisotopic (exact) mass is 236 g/mol. The first-order chi connectivity index (χ1) is 7.63. The molecule has 0 atom stereocenters. The summed E-state index contributed by atoms with van der Waals surface area (Å²) >= 11 is 0. The summed E-state index contributed by atoms with van der Waals surface area (Å²) in [5, 5.41) is 0. The summed E-state index contributed by atoms with van der Waals surface area (Å²) in [7, 11) is -0.139. The normalized spacial score (nSPS) is 30.2. The molecular weight excluding hydrogens is 211 g/mol. The maximum atomic E-state index is 6.11. The Balaban J connectivity index is 2.14. The van der Waals surface area contributed by atoms with E-state index in [1.165, 1.54) is 11.9 Å². The summed E-state index contributed by atoms with van der Waals surface area (Å²) in [6.45, 7) is 13.1. The molecule has 1 fully saturated rings. The van der Waals surface area contributed by atoms with E-state index >= 15 is 0 Å². The van der Waals surface area contributed by atoms with Crippen LogP contribution in [0.15, 0.2) is 11.5 Å². The zero-order chi connectivity index (χ0) is 12.9. The topological polar surface area (TPSA) is 18.5 Å². The van der Waals surface area contributed by atoms with Gasteiger partial charge in [-0.15, -0.1) is 0 Å². The summed E-state index contributed by atoms with van der Waals surface area (Å²) in [6.07, 6.45) is 5.81. The molecule has 0 unspecified atom stereocenters. The molecule has 0 saturated carbocycles. The van der Waals surface area contributed by atoms with E-state index in [9.17, 15) is 0 Å². The molecule has 0 N–H and O–H groups in total. The van der Waals surface area contributed by atoms with Crippen molar-refractivity contribution in [3.63, 3.8) is 0 Å². The van der Waals surface area contributed by atoms with Gasteiger partial charge in [0.25, 0.3) is 0 Å². The van der Waals surface area contributed by atoms with E-state index in [0.29, 0.717) is 5.41 Å². The van der Waals surface area contributed by atoms with Crippen LogP contribution in [0.2, 0.25) is 0 Å². The van der Waals surface area contributed by atoms with E-state index in [4.69, 9.17) is 9.31 Å². The Kier molecular flexibility index (Phi) is 2.99. The minimum atomic E-state index is -0.222. The Morgan fingerprint density at radius 3 is 2.00 bits per heavy atom. The Morgan fingerprint density at radius 2 is 1.53 bits per heavy atom. The molecule has 0 aromatic carbocycles. The van der Waals surface area contributed by atoms with Crippen LogP contribution in [-0.2, 0) is 9.31 Å². The first kappa shape index (κ1) is 13.2. The standard InChI is InChI=1S/C14H25BO2/c1-12(2)9-7-8-11(10-12)15-16-13(3,4)14(5,6)17-15/h8H,7,9-10H2,1-6H3. The van der Waals surface area contributed by atoms with Crippen LogP contribution < -0.4 is 0 Å². The highest BCUT2D eigenvalue weighted by molar-refractivity contribution is 6.54. The summed E-state index contributed by atoms with van der Waals surface area (Å²) in [4.78, 5) is 0. The van der Waals surface area contributed by atoms with Crippen molar-refractivity contribution in [3.8, 4) is 0 Å². The third-order valence-electron chi connectivity index (χ3n) is 4.47. The molecule has 1 heterocycles. The van der Waals surface area contributed by atoms with E-state index in [2.05, 4.69) is 47.6 Å². The maximum absolute atomic E-state index is 6.11. The van der Waals surface area contributed by atoms with Crippen molar-refractivity contribution in [2.75, 3.05) is 0 Å². The van der Waals surface area contributed by atoms with Crippen LogP contribution in [0.25, 0.3) is 0 Å². The molecule has 2 aliphatic rings. The van der Waals surface area contributed by atoms with Gasteiger partial charge < -0.3 is 9.31 Å². The van der Waals surface area contributed by atoms with Crippen molar-refractivity contribution in [1.82, 2.24) is 0 Å². The molecule has 0 radical (unpaired) electrons. The van der Waals surface area contributed by atoms with Crippen LogP contribution in [-0.4, -0.2) is 18.3 Å². The van der Waals surface area contributed by atoms with Crippen molar-refractivity contribution in [1.29, 1.82) is 0 Å². The van der Waals surface area contributed by atoms with Gasteiger partial charge in [-0.2, -0.15) is 0 Å². The van der Waals surface area contributed by atoms with Crippen LogP contribution in [0.3, 0.4) is 0 Å². The molecule has 0 amide bonds. The first-order valence-electron chi connectivity index (χ1n) is 6.68. The van der Waals surface area contributed by atoms with Gasteiger partial charge in [0.1, 0.15) is 0 Å². The Hall–Kier alpha value is -0.275. The van der Waals surface area contributed by atoms with E-state index in [1.807, 2.05) is 0 Å². The molecule has 3 heteroatoms. The van der Waals surface area contributed by atoms with Crippen molar-refractivity contribution in [2.45, 2.75) is 72.0 Å². The molecule has 0 bridgehead atoms. The summed E-state index contributed by atoms with van der Waals surface area (Å²) in [6, 6.07) is 0. The molecule has 0 spiro atoms. The first-order valence-corrected chi connectivity index (χ1v) is 6.68. The van der Waals surface area contributed by atoms with E-state index in [-0.39, 0.29) is 18.3 Å². The minimum Gasteiger partial charge on any atom is -0.400 e. The minimum absolute atomic E-state index is 0.139. The molecule has 17 heavy (non-hydrogen) atoms. The fraction of sp³-hybridized carbons (Fsp3) is 0.857. The van der Waals surface area contributed by atoms with Crippen molar-refractivity contribution in [2.24, 2.45) is 5.41 Å². The SMILES string of the molecule is CC1(C)CCC=C(B2OC(C)(C)C(C)(C)O2)C1. The second-order valence-electron chi connectivity index (χ2n) is 7.25. The Bertz CT molecular complexity index is 326. The van der Waals surface area contributed by atoms with Crippen LogP contribution in [0, 0.1) is 5.41 Å². The fourth-order valence-corrected chi connectivity index (χ4v) is 2.54. The molecule has 96 valence electrons. The van der Waals surface area contributed by atoms with Gasteiger partial charge in [0.2, 0.25) is 0 Å². The largest absolute Gasteiger partial charge is 0.490 e. The molecule has 0 aromatic heterocycles. The van der Waals surface area contributed by atoms with Crippen molar-refractivity contribution < 1.29 is 9.31 Å². The van der Waals surface area contributed by atoms with E-state index in [1.54, 1.807) is 0 Å². The summed E-state index contributed by atoms with van der Waals surface area (Å²) < 4.78 is 12.2. The molecule has 1 aliphatic carbocycles. The maximum Gasteiger partial charge on any atom is 0.490 e. The average molecular weight is 236 g/mol. The smallest absolute Gasteiger partial charge is 0.400 e. The molecule has 1 aliphatic heterocycles. The zero-order valence-corrected chi connectivity index (χ0v) is 12.1.